The molecule has 0 radical (unpaired) electrons. The first-order chi connectivity index (χ1) is 27.9. The molecule has 1 saturated heterocycles. The lowest BCUT2D eigenvalue weighted by Crippen LogP contribution is -2.37. The van der Waals surface area contributed by atoms with Gasteiger partial charge in [0.05, 0.1) is 18.8 Å². The molecular formula is C52H42F3NO2. The SMILES string of the molecule is CC1(C)c2cc(C3(c4ccc(N5CCOCC5)cc4)C=Cc4c5c(c6ccccc6c4O3)-c3ccc(C(F)(F)F)cc3C5(C)C)ccc2-c2c1ccc1ccccc21. The van der Waals surface area contributed by atoms with E-state index in [-0.39, 0.29) is 5.41 Å². The number of ether oxygens (including phenoxy) is 2. The highest BCUT2D eigenvalue weighted by Crippen LogP contribution is 2.59. The quantitative estimate of drug-likeness (QED) is 0.179. The molecule has 1 fully saturated rings. The third kappa shape index (κ3) is 4.84. The molecule has 7 aromatic rings. The van der Waals surface area contributed by atoms with Gasteiger partial charge in [0.1, 0.15) is 5.75 Å². The maximum Gasteiger partial charge on any atom is 0.416 e. The Morgan fingerprint density at radius 2 is 1.26 bits per heavy atom. The van der Waals surface area contributed by atoms with E-state index in [0.717, 1.165) is 68.7 Å². The van der Waals surface area contributed by atoms with E-state index >= 15 is 0 Å². The molecular weight excluding hydrogens is 728 g/mol. The number of hydrogen-bond donors (Lipinski definition) is 0. The van der Waals surface area contributed by atoms with E-state index in [1.165, 1.54) is 45.2 Å². The Bertz CT molecular complexity index is 2900. The molecule has 0 aromatic heterocycles. The van der Waals surface area contributed by atoms with E-state index in [0.29, 0.717) is 18.8 Å². The van der Waals surface area contributed by atoms with Crippen molar-refractivity contribution < 1.29 is 22.6 Å². The van der Waals surface area contributed by atoms with Crippen LogP contribution in [0.5, 0.6) is 5.75 Å². The molecule has 0 amide bonds. The van der Waals surface area contributed by atoms with Crippen molar-refractivity contribution in [2.45, 2.75) is 50.3 Å². The fourth-order valence-corrected chi connectivity index (χ4v) is 10.6. The number of nitrogens with zero attached hydrogens (tertiary/aromatic N) is 1. The van der Waals surface area contributed by atoms with Crippen LogP contribution in [-0.4, -0.2) is 26.3 Å². The van der Waals surface area contributed by atoms with Gasteiger partial charge in [-0.1, -0.05) is 125 Å². The molecule has 2 aliphatic carbocycles. The Hall–Kier alpha value is -5.85. The summed E-state index contributed by atoms with van der Waals surface area (Å²) >= 11 is 0. The number of hydrogen-bond acceptors (Lipinski definition) is 3. The van der Waals surface area contributed by atoms with Crippen molar-refractivity contribution in [3.8, 4) is 28.0 Å². The molecule has 58 heavy (non-hydrogen) atoms. The first kappa shape index (κ1) is 35.3. The molecule has 0 N–H and O–H groups in total. The molecule has 288 valence electrons. The lowest BCUT2D eigenvalue weighted by atomic mass is 9.75. The highest BCUT2D eigenvalue weighted by molar-refractivity contribution is 6.08. The number of rotatable bonds is 3. The zero-order valence-electron chi connectivity index (χ0n) is 32.9. The first-order valence-corrected chi connectivity index (χ1v) is 20.2. The van der Waals surface area contributed by atoms with Gasteiger partial charge in [-0.3, -0.25) is 0 Å². The molecule has 7 aromatic carbocycles. The van der Waals surface area contributed by atoms with E-state index in [1.54, 1.807) is 6.07 Å². The lowest BCUT2D eigenvalue weighted by molar-refractivity contribution is -0.137. The summed E-state index contributed by atoms with van der Waals surface area (Å²) < 4.78 is 55.7. The molecule has 2 heterocycles. The molecule has 0 spiro atoms. The monoisotopic (exact) mass is 769 g/mol. The minimum atomic E-state index is -4.44. The van der Waals surface area contributed by atoms with E-state index in [9.17, 15) is 13.2 Å². The van der Waals surface area contributed by atoms with Gasteiger partial charge in [0.25, 0.3) is 0 Å². The predicted molar refractivity (Wildman–Crippen MR) is 228 cm³/mol. The summed E-state index contributed by atoms with van der Waals surface area (Å²) in [6.45, 7) is 11.8. The van der Waals surface area contributed by atoms with Crippen molar-refractivity contribution in [1.29, 1.82) is 0 Å². The number of anilines is 1. The largest absolute Gasteiger partial charge is 0.472 e. The second-order valence-electron chi connectivity index (χ2n) is 17.3. The molecule has 3 nitrogen and oxygen atoms in total. The average molecular weight is 770 g/mol. The fraction of sp³-hybridized carbons (Fsp3) is 0.231. The van der Waals surface area contributed by atoms with Gasteiger partial charge < -0.3 is 14.4 Å². The van der Waals surface area contributed by atoms with Crippen LogP contribution >= 0.6 is 0 Å². The van der Waals surface area contributed by atoms with Gasteiger partial charge in [-0.15, -0.1) is 0 Å². The third-order valence-corrected chi connectivity index (χ3v) is 13.5. The van der Waals surface area contributed by atoms with Crippen LogP contribution in [-0.2, 0) is 27.3 Å². The van der Waals surface area contributed by atoms with Crippen LogP contribution in [0.2, 0.25) is 0 Å². The summed E-state index contributed by atoms with van der Waals surface area (Å²) in [6, 6.07) is 41.1. The number of morpholine rings is 1. The van der Waals surface area contributed by atoms with Crippen LogP contribution in [0.25, 0.3) is 49.9 Å². The van der Waals surface area contributed by atoms with E-state index < -0.39 is 22.8 Å². The summed E-state index contributed by atoms with van der Waals surface area (Å²) in [4.78, 5) is 2.35. The van der Waals surface area contributed by atoms with Gasteiger partial charge >= 0.3 is 6.18 Å². The normalized spacial score (nSPS) is 19.7. The second-order valence-corrected chi connectivity index (χ2v) is 17.3. The van der Waals surface area contributed by atoms with Crippen LogP contribution in [0.1, 0.15) is 72.2 Å². The average Bonchev–Trinajstić information content (AvgIpc) is 3.63. The molecule has 2 aliphatic heterocycles. The van der Waals surface area contributed by atoms with E-state index in [4.69, 9.17) is 9.47 Å². The van der Waals surface area contributed by atoms with Crippen molar-refractivity contribution >= 4 is 33.3 Å². The highest BCUT2D eigenvalue weighted by atomic mass is 19.4. The Morgan fingerprint density at radius 3 is 2.02 bits per heavy atom. The van der Waals surface area contributed by atoms with Gasteiger partial charge in [-0.2, -0.15) is 13.2 Å². The summed E-state index contributed by atoms with van der Waals surface area (Å²) in [5.41, 5.74) is 9.97. The zero-order chi connectivity index (χ0) is 39.8. The minimum Gasteiger partial charge on any atom is -0.472 e. The van der Waals surface area contributed by atoms with Crippen LogP contribution < -0.4 is 9.64 Å². The number of fused-ring (bicyclic) bond motifs is 13. The molecule has 4 aliphatic rings. The standard InChI is InChI=1S/C52H42F3NO2/c1-49(2)42-22-13-31-9-5-6-10-36(31)45(42)39-20-16-33(29-43(39)49)51(32-14-18-35(19-15-32)56-25-27-57-28-26-56)24-23-41-47-46(37-11-7-8-12-38(37)48(41)58-51)40-21-17-34(52(53,54)55)30-44(40)50(47,3)4/h5-24,29-30H,25-28H2,1-4H3. The maximum atomic E-state index is 14.1. The highest BCUT2D eigenvalue weighted by Gasteiger charge is 2.46. The number of alkyl halides is 3. The van der Waals surface area contributed by atoms with E-state index in [2.05, 4.69) is 122 Å². The fourth-order valence-electron chi connectivity index (χ4n) is 10.6. The van der Waals surface area contributed by atoms with Crippen LogP contribution in [0, 0.1) is 0 Å². The topological polar surface area (TPSA) is 21.7 Å². The molecule has 11 rings (SSSR count). The Labute approximate surface area is 336 Å². The summed E-state index contributed by atoms with van der Waals surface area (Å²) in [5.74, 6) is 0.736. The molecule has 1 atom stereocenters. The molecule has 1 unspecified atom stereocenters. The van der Waals surface area contributed by atoms with Crippen LogP contribution in [0.3, 0.4) is 0 Å². The molecule has 6 heteroatoms. The Balaban J connectivity index is 1.13. The van der Waals surface area contributed by atoms with Gasteiger partial charge in [0, 0.05) is 51.7 Å². The first-order valence-electron chi connectivity index (χ1n) is 20.2. The maximum absolute atomic E-state index is 14.1. The summed E-state index contributed by atoms with van der Waals surface area (Å²) in [5, 5.41) is 4.37. The zero-order valence-corrected chi connectivity index (χ0v) is 32.9. The van der Waals surface area contributed by atoms with Gasteiger partial charge in [0.15, 0.2) is 5.60 Å². The smallest absolute Gasteiger partial charge is 0.416 e. The second kappa shape index (κ2) is 12.1. The minimum absolute atomic E-state index is 0.263. The third-order valence-electron chi connectivity index (χ3n) is 13.5. The van der Waals surface area contributed by atoms with Crippen LogP contribution in [0.4, 0.5) is 18.9 Å². The molecule has 0 bridgehead atoms. The van der Waals surface area contributed by atoms with Gasteiger partial charge in [-0.05, 0) is 97.1 Å². The van der Waals surface area contributed by atoms with Crippen molar-refractivity contribution in [3.63, 3.8) is 0 Å². The van der Waals surface area contributed by atoms with Crippen LogP contribution in [0.15, 0.2) is 127 Å². The van der Waals surface area contributed by atoms with E-state index in [1.807, 2.05) is 26.0 Å². The molecule has 0 saturated carbocycles. The van der Waals surface area contributed by atoms with Crippen molar-refractivity contribution in [1.82, 2.24) is 0 Å². The lowest BCUT2D eigenvalue weighted by Gasteiger charge is -2.39. The Kier molecular flexibility index (Phi) is 7.36. The number of halogens is 3. The van der Waals surface area contributed by atoms with Gasteiger partial charge in [0.2, 0.25) is 0 Å². The summed E-state index contributed by atoms with van der Waals surface area (Å²) in [6.07, 6.45) is -0.0836. The predicted octanol–water partition coefficient (Wildman–Crippen LogP) is 12.8. The van der Waals surface area contributed by atoms with Gasteiger partial charge in [-0.25, -0.2) is 0 Å². The number of benzene rings is 7. The Morgan fingerprint density at radius 1 is 0.603 bits per heavy atom. The van der Waals surface area contributed by atoms with Crippen molar-refractivity contribution in [2.75, 3.05) is 31.2 Å². The van der Waals surface area contributed by atoms with Crippen molar-refractivity contribution in [3.05, 3.63) is 172 Å². The van der Waals surface area contributed by atoms with Crippen molar-refractivity contribution in [2.24, 2.45) is 0 Å². The summed E-state index contributed by atoms with van der Waals surface area (Å²) in [7, 11) is 0.